The lowest BCUT2D eigenvalue weighted by Crippen LogP contribution is -2.39. The fourth-order valence-corrected chi connectivity index (χ4v) is 2.00. The van der Waals surface area contributed by atoms with Gasteiger partial charge in [0.2, 0.25) is 0 Å². The molecule has 0 aliphatic rings. The van der Waals surface area contributed by atoms with E-state index < -0.39 is 8.07 Å². The van der Waals surface area contributed by atoms with Gasteiger partial charge < -0.3 is 0 Å². The Hall–Kier alpha value is -0.413. The largest absolute Gasteiger partial charge is 0.246 e. The van der Waals surface area contributed by atoms with Gasteiger partial charge in [-0.25, -0.2) is 9.97 Å². The Morgan fingerprint density at radius 1 is 1.27 bits per heavy atom. The van der Waals surface area contributed by atoms with E-state index >= 15 is 0 Å². The van der Waals surface area contributed by atoms with E-state index in [1.807, 2.05) is 6.07 Å². The Bertz CT molecular complexity index is 257. The van der Waals surface area contributed by atoms with Gasteiger partial charge in [0.1, 0.15) is 19.6 Å². The summed E-state index contributed by atoms with van der Waals surface area (Å²) in [5.41, 5.74) is 0. The maximum atomic E-state index is 5.72. The van der Waals surface area contributed by atoms with E-state index in [2.05, 4.69) is 29.6 Å². The molecule has 0 aromatic carbocycles. The van der Waals surface area contributed by atoms with E-state index in [0.717, 1.165) is 5.32 Å². The van der Waals surface area contributed by atoms with Gasteiger partial charge in [0.15, 0.2) is 0 Å². The predicted molar refractivity (Wildman–Crippen MR) is 50.0 cm³/mol. The van der Waals surface area contributed by atoms with Crippen molar-refractivity contribution in [2.75, 3.05) is 0 Å². The van der Waals surface area contributed by atoms with Gasteiger partial charge in [-0.05, 0) is 6.07 Å². The maximum absolute atomic E-state index is 5.72. The van der Waals surface area contributed by atoms with Gasteiger partial charge in [-0.1, -0.05) is 31.2 Å². The Labute approximate surface area is 72.6 Å². The maximum Gasteiger partial charge on any atom is 0.132 e. The number of aromatic nitrogens is 2. The van der Waals surface area contributed by atoms with Crippen LogP contribution in [0, 0.1) is 0 Å². The van der Waals surface area contributed by atoms with Crippen LogP contribution in [-0.4, -0.2) is 18.0 Å². The predicted octanol–water partition coefficient (Wildman–Crippen LogP) is 1.68. The van der Waals surface area contributed by atoms with Crippen LogP contribution in [0.25, 0.3) is 0 Å². The van der Waals surface area contributed by atoms with E-state index in [1.165, 1.54) is 6.33 Å². The van der Waals surface area contributed by atoms with Crippen LogP contribution in [0.1, 0.15) is 0 Å². The first-order valence-corrected chi connectivity index (χ1v) is 7.36. The molecule has 0 unspecified atom stereocenters. The minimum Gasteiger partial charge on any atom is -0.246 e. The Kier molecular flexibility index (Phi) is 2.30. The van der Waals surface area contributed by atoms with Crippen molar-refractivity contribution in [2.24, 2.45) is 0 Å². The molecule has 2 nitrogen and oxygen atoms in total. The first-order valence-electron chi connectivity index (χ1n) is 3.48. The molecule has 0 aliphatic heterocycles. The van der Waals surface area contributed by atoms with E-state index in [9.17, 15) is 0 Å². The van der Waals surface area contributed by atoms with Crippen molar-refractivity contribution in [3.63, 3.8) is 0 Å². The molecule has 60 valence electrons. The van der Waals surface area contributed by atoms with Crippen LogP contribution in [0.2, 0.25) is 24.8 Å². The molecule has 1 rings (SSSR count). The van der Waals surface area contributed by atoms with Gasteiger partial charge in [0.05, 0.1) is 0 Å². The zero-order chi connectivity index (χ0) is 8.48. The molecule has 0 N–H and O–H groups in total. The Balaban J connectivity index is 3.06. The van der Waals surface area contributed by atoms with Crippen LogP contribution < -0.4 is 5.32 Å². The van der Waals surface area contributed by atoms with Crippen LogP contribution in [0.3, 0.4) is 0 Å². The molecule has 4 heteroatoms. The Morgan fingerprint density at radius 2 is 1.91 bits per heavy atom. The molecule has 0 saturated heterocycles. The van der Waals surface area contributed by atoms with Gasteiger partial charge in [0, 0.05) is 5.32 Å². The van der Waals surface area contributed by atoms with Crippen LogP contribution in [0.5, 0.6) is 0 Å². The first kappa shape index (κ1) is 8.68. The molecule has 0 atom stereocenters. The Morgan fingerprint density at radius 3 is 2.27 bits per heavy atom. The molecule has 11 heavy (non-hydrogen) atoms. The van der Waals surface area contributed by atoms with Gasteiger partial charge in [0.25, 0.3) is 0 Å². The highest BCUT2D eigenvalue weighted by Crippen LogP contribution is 2.03. The minimum absolute atomic E-state index is 0.539. The van der Waals surface area contributed by atoms with Gasteiger partial charge >= 0.3 is 0 Å². The molecule has 1 aromatic rings. The minimum atomic E-state index is -1.30. The third-order valence-electron chi connectivity index (χ3n) is 1.40. The summed E-state index contributed by atoms with van der Waals surface area (Å²) in [4.78, 5) is 8.01. The van der Waals surface area contributed by atoms with Crippen molar-refractivity contribution in [2.45, 2.75) is 19.6 Å². The molecule has 0 bridgehead atoms. The lowest BCUT2D eigenvalue weighted by Gasteiger charge is -2.13. The summed E-state index contributed by atoms with van der Waals surface area (Å²) in [5.74, 6) is 0. The number of hydrogen-bond acceptors (Lipinski definition) is 2. The molecule has 0 amide bonds. The zero-order valence-corrected chi connectivity index (χ0v) is 8.68. The van der Waals surface area contributed by atoms with Crippen molar-refractivity contribution in [3.05, 3.63) is 17.5 Å². The van der Waals surface area contributed by atoms with Crippen LogP contribution in [-0.2, 0) is 0 Å². The highest BCUT2D eigenvalue weighted by molar-refractivity contribution is 6.88. The lowest BCUT2D eigenvalue weighted by atomic mass is 10.7. The van der Waals surface area contributed by atoms with E-state index in [-0.39, 0.29) is 0 Å². The number of hydrogen-bond donors (Lipinski definition) is 0. The number of rotatable bonds is 1. The second kappa shape index (κ2) is 2.91. The number of nitrogens with zero attached hydrogens (tertiary/aromatic N) is 2. The van der Waals surface area contributed by atoms with E-state index in [1.54, 1.807) is 0 Å². The molecular weight excluding hydrogens is 176 g/mol. The van der Waals surface area contributed by atoms with Crippen molar-refractivity contribution < 1.29 is 0 Å². The molecule has 0 radical (unpaired) electrons. The fraction of sp³-hybridized carbons (Fsp3) is 0.429. The summed E-state index contributed by atoms with van der Waals surface area (Å²) in [7, 11) is -1.30. The highest BCUT2D eigenvalue weighted by Gasteiger charge is 2.18. The molecule has 0 aliphatic carbocycles. The van der Waals surface area contributed by atoms with Crippen molar-refractivity contribution in [3.8, 4) is 0 Å². The summed E-state index contributed by atoms with van der Waals surface area (Å²) in [6.07, 6.45) is 1.52. The summed E-state index contributed by atoms with van der Waals surface area (Å²) in [5, 5.41) is 1.65. The number of halogens is 1. The summed E-state index contributed by atoms with van der Waals surface area (Å²) < 4.78 is 0. The monoisotopic (exact) mass is 186 g/mol. The van der Waals surface area contributed by atoms with Gasteiger partial charge in [-0.3, -0.25) is 0 Å². The molecule has 0 spiro atoms. The zero-order valence-electron chi connectivity index (χ0n) is 6.93. The van der Waals surface area contributed by atoms with Crippen molar-refractivity contribution >= 4 is 25.0 Å². The summed E-state index contributed by atoms with van der Waals surface area (Å²) in [6.45, 7) is 6.68. The quantitative estimate of drug-likeness (QED) is 0.493. The van der Waals surface area contributed by atoms with Crippen LogP contribution in [0.15, 0.2) is 12.4 Å². The van der Waals surface area contributed by atoms with Gasteiger partial charge in [-0.2, -0.15) is 0 Å². The molecule has 0 fully saturated rings. The first-order chi connectivity index (χ1) is 5.00. The average Bonchev–Trinajstić information content (AvgIpc) is 1.86. The van der Waals surface area contributed by atoms with Crippen LogP contribution >= 0.6 is 11.6 Å². The molecule has 1 aromatic heterocycles. The van der Waals surface area contributed by atoms with Crippen molar-refractivity contribution in [1.29, 1.82) is 0 Å². The van der Waals surface area contributed by atoms with Crippen LogP contribution in [0.4, 0.5) is 0 Å². The SMILES string of the molecule is C[Si](C)(C)c1cc(Cl)ncn1. The topological polar surface area (TPSA) is 25.8 Å². The molecule has 0 saturated carbocycles. The second-order valence-electron chi connectivity index (χ2n) is 3.48. The van der Waals surface area contributed by atoms with Gasteiger partial charge in [-0.15, -0.1) is 0 Å². The third kappa shape index (κ3) is 2.27. The smallest absolute Gasteiger partial charge is 0.132 e. The standard InChI is InChI=1S/C7H11ClN2Si/c1-11(2,3)7-4-6(8)9-5-10-7/h4-5H,1-3H3. The molecular formula is C7H11ClN2Si. The average molecular weight is 187 g/mol. The highest BCUT2D eigenvalue weighted by atomic mass is 35.5. The normalized spacial score (nSPS) is 11.6. The van der Waals surface area contributed by atoms with E-state index in [4.69, 9.17) is 11.6 Å². The van der Waals surface area contributed by atoms with Crippen molar-refractivity contribution in [1.82, 2.24) is 9.97 Å². The van der Waals surface area contributed by atoms with E-state index in [0.29, 0.717) is 5.15 Å². The summed E-state index contributed by atoms with van der Waals surface area (Å²) in [6, 6.07) is 1.85. The third-order valence-corrected chi connectivity index (χ3v) is 3.42. The summed E-state index contributed by atoms with van der Waals surface area (Å²) >= 11 is 5.72. The lowest BCUT2D eigenvalue weighted by molar-refractivity contribution is 1.19. The second-order valence-corrected chi connectivity index (χ2v) is 8.88. The molecule has 1 heterocycles. The fourth-order valence-electron chi connectivity index (χ4n) is 0.744.